The van der Waals surface area contributed by atoms with Crippen molar-refractivity contribution in [2.45, 2.75) is 12.8 Å². The van der Waals surface area contributed by atoms with E-state index in [1.165, 1.54) is 21.9 Å². The molecule has 0 spiro atoms. The predicted molar refractivity (Wildman–Crippen MR) is 107 cm³/mol. The molecule has 1 aromatic heterocycles. The van der Waals surface area contributed by atoms with Gasteiger partial charge < -0.3 is 14.8 Å². The summed E-state index contributed by atoms with van der Waals surface area (Å²) in [4.78, 5) is 4.73. The number of rotatable bonds is 4. The summed E-state index contributed by atoms with van der Waals surface area (Å²) in [7, 11) is 3.29. The molecule has 0 bridgehead atoms. The molecule has 0 aliphatic heterocycles. The number of ether oxygens (including phenoxy) is 2. The number of benzene rings is 3. The van der Waals surface area contributed by atoms with E-state index in [2.05, 4.69) is 35.6 Å². The van der Waals surface area contributed by atoms with Crippen LogP contribution in [-0.4, -0.2) is 19.2 Å². The third-order valence-corrected chi connectivity index (χ3v) is 5.95. The molecule has 1 aliphatic rings. The molecule has 0 radical (unpaired) electrons. The van der Waals surface area contributed by atoms with Gasteiger partial charge in [-0.25, -0.2) is 4.98 Å². The van der Waals surface area contributed by atoms with Crippen LogP contribution in [0.4, 0.5) is 10.8 Å². The van der Waals surface area contributed by atoms with Gasteiger partial charge in [0.1, 0.15) is 0 Å². The Morgan fingerprint density at radius 3 is 2.54 bits per heavy atom. The molecule has 3 aromatic carbocycles. The van der Waals surface area contributed by atoms with E-state index in [1.54, 1.807) is 25.6 Å². The highest BCUT2D eigenvalue weighted by Crippen LogP contribution is 2.39. The Morgan fingerprint density at radius 1 is 0.962 bits per heavy atom. The topological polar surface area (TPSA) is 43.4 Å². The normalized spacial score (nSPS) is 12.7. The third kappa shape index (κ3) is 2.31. The highest BCUT2D eigenvalue weighted by molar-refractivity contribution is 7.22. The Labute approximate surface area is 155 Å². The lowest BCUT2D eigenvalue weighted by Crippen LogP contribution is -1.92. The molecule has 130 valence electrons. The molecule has 5 rings (SSSR count). The lowest BCUT2D eigenvalue weighted by molar-refractivity contribution is 0.356. The first kappa shape index (κ1) is 15.5. The zero-order valence-corrected chi connectivity index (χ0v) is 15.4. The Bertz CT molecular complexity index is 1100. The molecule has 1 heterocycles. The summed E-state index contributed by atoms with van der Waals surface area (Å²) in [6.45, 7) is 0. The van der Waals surface area contributed by atoms with Crippen LogP contribution in [-0.2, 0) is 12.8 Å². The SMILES string of the molecule is COc1cc2nc(Nc3ccc4c5c(cccc35)CC4)sc2cc1OC. The number of nitrogens with zero attached hydrogens (tertiary/aromatic N) is 1. The van der Waals surface area contributed by atoms with Crippen molar-refractivity contribution >= 4 is 43.1 Å². The van der Waals surface area contributed by atoms with Gasteiger partial charge >= 0.3 is 0 Å². The Morgan fingerprint density at radius 2 is 1.73 bits per heavy atom. The molecule has 0 saturated heterocycles. The van der Waals surface area contributed by atoms with Crippen molar-refractivity contribution in [3.05, 3.63) is 53.6 Å². The molecular weight excluding hydrogens is 344 g/mol. The van der Waals surface area contributed by atoms with E-state index in [0.29, 0.717) is 5.75 Å². The van der Waals surface area contributed by atoms with Crippen LogP contribution in [0.25, 0.3) is 21.0 Å². The van der Waals surface area contributed by atoms with E-state index >= 15 is 0 Å². The monoisotopic (exact) mass is 362 g/mol. The minimum atomic E-state index is 0.696. The standard InChI is InChI=1S/C21H18N2O2S/c1-24-17-10-16-19(11-18(17)25-2)26-21(23-16)22-15-9-8-13-7-6-12-4-3-5-14(15)20(12)13/h3-5,8-11H,6-7H2,1-2H3,(H,22,23). The van der Waals surface area contributed by atoms with E-state index in [4.69, 9.17) is 14.5 Å². The average molecular weight is 362 g/mol. The molecule has 0 fully saturated rings. The van der Waals surface area contributed by atoms with Gasteiger partial charge in [0.05, 0.1) is 24.4 Å². The summed E-state index contributed by atoms with van der Waals surface area (Å²) in [5.74, 6) is 1.42. The highest BCUT2D eigenvalue weighted by Gasteiger charge is 2.17. The summed E-state index contributed by atoms with van der Waals surface area (Å²) in [5.41, 5.74) is 4.89. The van der Waals surface area contributed by atoms with Crippen LogP contribution in [0.5, 0.6) is 11.5 Å². The van der Waals surface area contributed by atoms with Gasteiger partial charge in [0, 0.05) is 23.2 Å². The van der Waals surface area contributed by atoms with Crippen molar-refractivity contribution in [1.29, 1.82) is 0 Å². The summed E-state index contributed by atoms with van der Waals surface area (Å²) < 4.78 is 11.8. The number of aromatic nitrogens is 1. The van der Waals surface area contributed by atoms with Crippen LogP contribution in [0.15, 0.2) is 42.5 Å². The van der Waals surface area contributed by atoms with E-state index in [-0.39, 0.29) is 0 Å². The zero-order valence-electron chi connectivity index (χ0n) is 14.6. The second-order valence-corrected chi connectivity index (χ2v) is 7.46. The average Bonchev–Trinajstić information content (AvgIpc) is 3.27. The van der Waals surface area contributed by atoms with E-state index in [9.17, 15) is 0 Å². The van der Waals surface area contributed by atoms with Gasteiger partial charge in [-0.2, -0.15) is 0 Å². The van der Waals surface area contributed by atoms with Crippen LogP contribution in [0.2, 0.25) is 0 Å². The van der Waals surface area contributed by atoms with Crippen LogP contribution < -0.4 is 14.8 Å². The number of methoxy groups -OCH3 is 2. The first-order valence-corrected chi connectivity index (χ1v) is 9.41. The molecule has 0 unspecified atom stereocenters. The van der Waals surface area contributed by atoms with Gasteiger partial charge in [-0.1, -0.05) is 35.6 Å². The third-order valence-electron chi connectivity index (χ3n) is 5.01. The van der Waals surface area contributed by atoms with Gasteiger partial charge in [-0.15, -0.1) is 0 Å². The molecule has 0 saturated carbocycles. The fourth-order valence-corrected chi connectivity index (χ4v) is 4.67. The molecule has 1 aliphatic carbocycles. The molecule has 4 nitrogen and oxygen atoms in total. The molecule has 0 atom stereocenters. The van der Waals surface area contributed by atoms with Crippen molar-refractivity contribution < 1.29 is 9.47 Å². The Kier molecular flexibility index (Phi) is 3.50. The predicted octanol–water partition coefficient (Wildman–Crippen LogP) is 5.31. The summed E-state index contributed by atoms with van der Waals surface area (Å²) in [6.07, 6.45) is 2.27. The van der Waals surface area contributed by atoms with Crippen molar-refractivity contribution in [1.82, 2.24) is 4.98 Å². The smallest absolute Gasteiger partial charge is 0.188 e. The maximum Gasteiger partial charge on any atom is 0.188 e. The second-order valence-electron chi connectivity index (χ2n) is 6.43. The minimum absolute atomic E-state index is 0.696. The summed E-state index contributed by atoms with van der Waals surface area (Å²) in [6, 6.07) is 14.9. The van der Waals surface area contributed by atoms with Crippen molar-refractivity contribution in [3.8, 4) is 11.5 Å². The lowest BCUT2D eigenvalue weighted by atomic mass is 10.0. The summed E-state index contributed by atoms with van der Waals surface area (Å²) in [5, 5.41) is 7.06. The lowest BCUT2D eigenvalue weighted by Gasteiger charge is -2.09. The molecule has 26 heavy (non-hydrogen) atoms. The first-order valence-electron chi connectivity index (χ1n) is 8.60. The largest absolute Gasteiger partial charge is 0.493 e. The molecule has 1 N–H and O–H groups in total. The number of aryl methyl sites for hydroxylation is 2. The maximum absolute atomic E-state index is 5.40. The molecule has 0 amide bonds. The van der Waals surface area contributed by atoms with E-state index in [1.807, 2.05) is 12.1 Å². The first-order chi connectivity index (χ1) is 12.8. The number of fused-ring (bicyclic) bond motifs is 1. The number of hydrogen-bond acceptors (Lipinski definition) is 5. The van der Waals surface area contributed by atoms with Crippen LogP contribution in [0.3, 0.4) is 0 Å². The number of nitrogens with one attached hydrogen (secondary N) is 1. The van der Waals surface area contributed by atoms with Gasteiger partial charge in [0.2, 0.25) is 0 Å². The fraction of sp³-hybridized carbons (Fsp3) is 0.190. The number of anilines is 2. The van der Waals surface area contributed by atoms with Gasteiger partial charge in [0.15, 0.2) is 16.6 Å². The molecule has 4 aromatic rings. The number of thiazole rings is 1. The van der Waals surface area contributed by atoms with Crippen LogP contribution >= 0.6 is 11.3 Å². The zero-order chi connectivity index (χ0) is 17.7. The van der Waals surface area contributed by atoms with Crippen LogP contribution in [0.1, 0.15) is 11.1 Å². The van der Waals surface area contributed by atoms with E-state index < -0.39 is 0 Å². The van der Waals surface area contributed by atoms with Crippen molar-refractivity contribution in [2.24, 2.45) is 0 Å². The Hall–Kier alpha value is -2.79. The fourth-order valence-electron chi connectivity index (χ4n) is 3.78. The Balaban J connectivity index is 1.59. The summed E-state index contributed by atoms with van der Waals surface area (Å²) >= 11 is 1.62. The van der Waals surface area contributed by atoms with Crippen molar-refractivity contribution in [3.63, 3.8) is 0 Å². The minimum Gasteiger partial charge on any atom is -0.493 e. The quantitative estimate of drug-likeness (QED) is 0.534. The maximum atomic E-state index is 5.40. The van der Waals surface area contributed by atoms with Gasteiger partial charge in [0.25, 0.3) is 0 Å². The van der Waals surface area contributed by atoms with Gasteiger partial charge in [-0.05, 0) is 35.4 Å². The number of hydrogen-bond donors (Lipinski definition) is 1. The van der Waals surface area contributed by atoms with Crippen LogP contribution in [0, 0.1) is 0 Å². The highest BCUT2D eigenvalue weighted by atomic mass is 32.1. The van der Waals surface area contributed by atoms with Crippen molar-refractivity contribution in [2.75, 3.05) is 19.5 Å². The van der Waals surface area contributed by atoms with E-state index in [0.717, 1.165) is 39.6 Å². The molecule has 5 heteroatoms. The molecular formula is C21H18N2O2S. The second kappa shape index (κ2) is 5.88. The van der Waals surface area contributed by atoms with Gasteiger partial charge in [-0.3, -0.25) is 0 Å².